The molecule has 0 aromatic rings. The highest BCUT2D eigenvalue weighted by Crippen LogP contribution is 2.48. The highest BCUT2D eigenvalue weighted by Gasteiger charge is 2.37. The summed E-state index contributed by atoms with van der Waals surface area (Å²) in [4.78, 5) is 0. The Morgan fingerprint density at radius 1 is 0.889 bits per heavy atom. The van der Waals surface area contributed by atoms with Gasteiger partial charge in [0.2, 0.25) is 0 Å². The van der Waals surface area contributed by atoms with Crippen LogP contribution in [-0.4, -0.2) is 23.6 Å². The van der Waals surface area contributed by atoms with Crippen molar-refractivity contribution in [3.63, 3.8) is 0 Å². The number of nitrogens with one attached hydrogen (secondary N) is 1. The first-order valence-corrected chi connectivity index (χ1v) is 9.26. The van der Waals surface area contributed by atoms with E-state index in [1.54, 1.807) is 0 Å². The van der Waals surface area contributed by atoms with Gasteiger partial charge in [-0.15, -0.1) is 0 Å². The topological polar surface area (TPSA) is 12.0 Å². The Balaban J connectivity index is 1.37. The van der Waals surface area contributed by atoms with E-state index in [2.05, 4.69) is 17.1 Å². The molecule has 2 saturated carbocycles. The lowest BCUT2D eigenvalue weighted by Gasteiger charge is -2.38. The molecule has 0 radical (unpaired) electrons. The van der Waals surface area contributed by atoms with Gasteiger partial charge in [0, 0.05) is 17.8 Å². The molecule has 1 N–H and O–H groups in total. The summed E-state index contributed by atoms with van der Waals surface area (Å²) < 4.78 is 0. The molecule has 0 aromatic heterocycles. The minimum Gasteiger partial charge on any atom is -0.313 e. The quantitative estimate of drug-likeness (QED) is 0.815. The molecule has 3 aliphatic rings. The molecular formula is C16H29NS. The Labute approximate surface area is 117 Å². The molecule has 1 aliphatic heterocycles. The maximum absolute atomic E-state index is 3.88. The fourth-order valence-electron chi connectivity index (χ4n) is 4.33. The standard InChI is InChI=1S/C16H29NS/c1-4-12-18-15(5-1)13-17-14-6-10-16(11-7-14)8-2-3-9-16/h14-15,17H,1-13H2. The Hall–Kier alpha value is 0.310. The largest absolute Gasteiger partial charge is 0.313 e. The highest BCUT2D eigenvalue weighted by molar-refractivity contribution is 7.99. The van der Waals surface area contributed by atoms with E-state index in [9.17, 15) is 0 Å². The summed E-state index contributed by atoms with van der Waals surface area (Å²) in [5.41, 5.74) is 0.803. The zero-order chi connectivity index (χ0) is 12.3. The number of thioether (sulfide) groups is 1. The lowest BCUT2D eigenvalue weighted by Crippen LogP contribution is -2.40. The van der Waals surface area contributed by atoms with Crippen molar-refractivity contribution in [3.05, 3.63) is 0 Å². The highest BCUT2D eigenvalue weighted by atomic mass is 32.2. The molecule has 3 fully saturated rings. The molecule has 1 unspecified atom stereocenters. The Kier molecular flexibility index (Phi) is 4.56. The van der Waals surface area contributed by atoms with Crippen LogP contribution in [0.3, 0.4) is 0 Å². The summed E-state index contributed by atoms with van der Waals surface area (Å²) in [7, 11) is 0. The predicted molar refractivity (Wildman–Crippen MR) is 81.3 cm³/mol. The fourth-order valence-corrected chi connectivity index (χ4v) is 5.58. The molecule has 0 bridgehead atoms. The first-order valence-electron chi connectivity index (χ1n) is 8.21. The summed E-state index contributed by atoms with van der Waals surface area (Å²) in [5.74, 6) is 1.40. The third kappa shape index (κ3) is 3.25. The normalized spacial score (nSPS) is 33.0. The molecule has 2 aliphatic carbocycles. The van der Waals surface area contributed by atoms with Crippen LogP contribution in [0.1, 0.15) is 70.6 Å². The molecule has 1 nitrogen and oxygen atoms in total. The van der Waals surface area contributed by atoms with E-state index in [0.29, 0.717) is 0 Å². The van der Waals surface area contributed by atoms with Gasteiger partial charge in [-0.1, -0.05) is 19.3 Å². The van der Waals surface area contributed by atoms with E-state index in [1.165, 1.54) is 82.9 Å². The van der Waals surface area contributed by atoms with Gasteiger partial charge in [-0.2, -0.15) is 11.8 Å². The molecule has 1 heterocycles. The second kappa shape index (κ2) is 6.17. The van der Waals surface area contributed by atoms with Crippen molar-refractivity contribution in [3.8, 4) is 0 Å². The van der Waals surface area contributed by atoms with Gasteiger partial charge >= 0.3 is 0 Å². The average molecular weight is 267 g/mol. The zero-order valence-electron chi connectivity index (χ0n) is 11.8. The molecule has 3 rings (SSSR count). The smallest absolute Gasteiger partial charge is 0.0172 e. The van der Waals surface area contributed by atoms with Crippen molar-refractivity contribution in [2.24, 2.45) is 5.41 Å². The van der Waals surface area contributed by atoms with Crippen molar-refractivity contribution >= 4 is 11.8 Å². The lowest BCUT2D eigenvalue weighted by atomic mass is 9.71. The van der Waals surface area contributed by atoms with Gasteiger partial charge in [0.25, 0.3) is 0 Å². The van der Waals surface area contributed by atoms with Crippen LogP contribution in [0.4, 0.5) is 0 Å². The van der Waals surface area contributed by atoms with Gasteiger partial charge in [0.05, 0.1) is 0 Å². The minimum absolute atomic E-state index is 0.803. The monoisotopic (exact) mass is 267 g/mol. The molecule has 0 amide bonds. The third-order valence-electron chi connectivity index (χ3n) is 5.62. The van der Waals surface area contributed by atoms with E-state index in [0.717, 1.165) is 16.7 Å². The van der Waals surface area contributed by atoms with Gasteiger partial charge in [0.1, 0.15) is 0 Å². The number of hydrogen-bond acceptors (Lipinski definition) is 2. The predicted octanol–water partition coefficient (Wildman–Crippen LogP) is 4.36. The van der Waals surface area contributed by atoms with Crippen molar-refractivity contribution in [2.75, 3.05) is 12.3 Å². The van der Waals surface area contributed by atoms with Crippen LogP contribution in [0, 0.1) is 5.41 Å². The van der Waals surface area contributed by atoms with Gasteiger partial charge in [-0.25, -0.2) is 0 Å². The summed E-state index contributed by atoms with van der Waals surface area (Å²) >= 11 is 2.21. The fraction of sp³-hybridized carbons (Fsp3) is 1.00. The van der Waals surface area contributed by atoms with Crippen molar-refractivity contribution in [2.45, 2.75) is 81.9 Å². The van der Waals surface area contributed by atoms with Gasteiger partial charge < -0.3 is 5.32 Å². The second-order valence-electron chi connectivity index (χ2n) is 6.88. The second-order valence-corrected chi connectivity index (χ2v) is 8.29. The molecule has 1 saturated heterocycles. The Bertz CT molecular complexity index is 244. The first kappa shape index (κ1) is 13.3. The van der Waals surface area contributed by atoms with Crippen LogP contribution in [0.25, 0.3) is 0 Å². The molecule has 2 heteroatoms. The molecular weight excluding hydrogens is 238 g/mol. The van der Waals surface area contributed by atoms with Crippen LogP contribution in [0.15, 0.2) is 0 Å². The molecule has 1 atom stereocenters. The van der Waals surface area contributed by atoms with Crippen LogP contribution >= 0.6 is 11.8 Å². The summed E-state index contributed by atoms with van der Waals surface area (Å²) in [6, 6.07) is 0.846. The van der Waals surface area contributed by atoms with Crippen molar-refractivity contribution in [1.29, 1.82) is 0 Å². The van der Waals surface area contributed by atoms with E-state index in [1.807, 2.05) is 0 Å². The van der Waals surface area contributed by atoms with Gasteiger partial charge in [-0.3, -0.25) is 0 Å². The maximum atomic E-state index is 3.88. The molecule has 104 valence electrons. The third-order valence-corrected chi connectivity index (χ3v) is 7.02. The van der Waals surface area contributed by atoms with Crippen molar-refractivity contribution < 1.29 is 0 Å². The van der Waals surface area contributed by atoms with Crippen LogP contribution < -0.4 is 5.32 Å². The first-order chi connectivity index (χ1) is 8.86. The van der Waals surface area contributed by atoms with E-state index < -0.39 is 0 Å². The Morgan fingerprint density at radius 2 is 1.67 bits per heavy atom. The van der Waals surface area contributed by atoms with E-state index in [4.69, 9.17) is 0 Å². The number of rotatable bonds is 3. The van der Waals surface area contributed by atoms with Crippen LogP contribution in [0.2, 0.25) is 0 Å². The van der Waals surface area contributed by atoms with Gasteiger partial charge in [0.15, 0.2) is 0 Å². The molecule has 0 aromatic carbocycles. The maximum Gasteiger partial charge on any atom is 0.0172 e. The van der Waals surface area contributed by atoms with E-state index >= 15 is 0 Å². The van der Waals surface area contributed by atoms with E-state index in [-0.39, 0.29) is 0 Å². The summed E-state index contributed by atoms with van der Waals surface area (Å²) in [6.07, 6.45) is 16.4. The molecule has 18 heavy (non-hydrogen) atoms. The average Bonchev–Trinajstić information content (AvgIpc) is 2.88. The van der Waals surface area contributed by atoms with Crippen LogP contribution in [0.5, 0.6) is 0 Å². The zero-order valence-corrected chi connectivity index (χ0v) is 12.6. The van der Waals surface area contributed by atoms with Crippen molar-refractivity contribution in [1.82, 2.24) is 5.32 Å². The summed E-state index contributed by atoms with van der Waals surface area (Å²) in [5, 5.41) is 4.79. The SMILES string of the molecule is C1CCC(CNC2CCC3(CCCC3)CC2)SC1. The summed E-state index contributed by atoms with van der Waals surface area (Å²) in [6.45, 7) is 1.28. The Morgan fingerprint density at radius 3 is 2.33 bits per heavy atom. The van der Waals surface area contributed by atoms with Gasteiger partial charge in [-0.05, 0) is 62.5 Å². The molecule has 1 spiro atoms. The lowest BCUT2D eigenvalue weighted by molar-refractivity contribution is 0.168. The minimum atomic E-state index is 0.803. The van der Waals surface area contributed by atoms with Crippen LogP contribution in [-0.2, 0) is 0 Å². The number of hydrogen-bond donors (Lipinski definition) is 1.